The van der Waals surface area contributed by atoms with Gasteiger partial charge in [-0.05, 0) is 43.3 Å². The molecule has 0 heterocycles. The monoisotopic (exact) mass is 150 g/mol. The Kier molecular flexibility index (Phi) is 1.82. The Morgan fingerprint density at radius 1 is 1.27 bits per heavy atom. The Labute approximate surface area is 67.4 Å². The average Bonchev–Trinajstić information content (AvgIpc) is 2.06. The van der Waals surface area contributed by atoms with Crippen molar-refractivity contribution in [2.45, 2.75) is 38.2 Å². The van der Waals surface area contributed by atoms with Crippen molar-refractivity contribution in [1.82, 2.24) is 0 Å². The maximum Gasteiger partial charge on any atom is 0.0790 e. The van der Waals surface area contributed by atoms with Crippen molar-refractivity contribution in [3.8, 4) is 0 Å². The summed E-state index contributed by atoms with van der Waals surface area (Å²) < 4.78 is 0. The summed E-state index contributed by atoms with van der Waals surface area (Å²) in [5.41, 5.74) is 2.73. The molecule has 0 spiro atoms. The van der Waals surface area contributed by atoms with Crippen LogP contribution in [-0.2, 0) is 0 Å². The minimum absolute atomic E-state index is 0.157. The van der Waals surface area contributed by atoms with E-state index in [4.69, 9.17) is 0 Å². The van der Waals surface area contributed by atoms with Gasteiger partial charge in [0.1, 0.15) is 0 Å². The molecule has 0 aromatic rings. The predicted molar refractivity (Wildman–Crippen MR) is 45.3 cm³/mol. The van der Waals surface area contributed by atoms with E-state index in [0.29, 0.717) is 0 Å². The Bertz CT molecular complexity index is 213. The molecule has 1 atom stereocenters. The van der Waals surface area contributed by atoms with Crippen molar-refractivity contribution in [3.63, 3.8) is 0 Å². The van der Waals surface area contributed by atoms with E-state index in [1.807, 2.05) is 0 Å². The normalized spacial score (nSPS) is 30.5. The second-order valence-electron chi connectivity index (χ2n) is 3.41. The molecule has 1 heteroatoms. The van der Waals surface area contributed by atoms with Crippen LogP contribution in [0.2, 0.25) is 0 Å². The highest BCUT2D eigenvalue weighted by molar-refractivity contribution is 5.33. The van der Waals surface area contributed by atoms with E-state index in [2.05, 4.69) is 12.2 Å². The highest BCUT2D eigenvalue weighted by Gasteiger charge is 2.19. The van der Waals surface area contributed by atoms with E-state index in [-0.39, 0.29) is 6.10 Å². The van der Waals surface area contributed by atoms with Crippen LogP contribution in [0.25, 0.3) is 0 Å². The van der Waals surface area contributed by atoms with Crippen LogP contribution in [0.5, 0.6) is 0 Å². The minimum Gasteiger partial charge on any atom is -0.388 e. The fourth-order valence-corrected chi connectivity index (χ4v) is 2.00. The largest absolute Gasteiger partial charge is 0.388 e. The van der Waals surface area contributed by atoms with Crippen LogP contribution < -0.4 is 0 Å². The van der Waals surface area contributed by atoms with Gasteiger partial charge in [0.25, 0.3) is 0 Å². The van der Waals surface area contributed by atoms with Crippen LogP contribution in [0.15, 0.2) is 23.3 Å². The minimum atomic E-state index is -0.157. The maximum absolute atomic E-state index is 9.60. The van der Waals surface area contributed by atoms with Gasteiger partial charge in [0, 0.05) is 0 Å². The van der Waals surface area contributed by atoms with Crippen molar-refractivity contribution in [2.75, 3.05) is 0 Å². The Morgan fingerprint density at radius 3 is 2.91 bits per heavy atom. The summed E-state index contributed by atoms with van der Waals surface area (Å²) in [6, 6.07) is 0. The molecule has 0 aromatic carbocycles. The summed E-state index contributed by atoms with van der Waals surface area (Å²) in [6.07, 6.45) is 9.84. The predicted octanol–water partition coefficient (Wildman–Crippen LogP) is 2.18. The molecule has 0 fully saturated rings. The van der Waals surface area contributed by atoms with Gasteiger partial charge in [-0.1, -0.05) is 12.2 Å². The van der Waals surface area contributed by atoms with Crippen molar-refractivity contribution < 1.29 is 5.11 Å². The first kappa shape index (κ1) is 7.11. The number of rotatable bonds is 0. The highest BCUT2D eigenvalue weighted by Crippen LogP contribution is 2.31. The van der Waals surface area contributed by atoms with Crippen molar-refractivity contribution in [2.24, 2.45) is 0 Å². The zero-order valence-electron chi connectivity index (χ0n) is 6.71. The van der Waals surface area contributed by atoms with Crippen molar-refractivity contribution >= 4 is 0 Å². The summed E-state index contributed by atoms with van der Waals surface area (Å²) >= 11 is 0. The molecule has 0 amide bonds. The lowest BCUT2D eigenvalue weighted by molar-refractivity contribution is 0.204. The number of hydrogen-bond acceptors (Lipinski definition) is 1. The molecule has 11 heavy (non-hydrogen) atoms. The smallest absolute Gasteiger partial charge is 0.0790 e. The molecule has 0 bridgehead atoms. The van der Waals surface area contributed by atoms with Crippen LogP contribution >= 0.6 is 0 Å². The zero-order chi connectivity index (χ0) is 7.68. The SMILES string of the molecule is OC1CC=CC2=C1CCCC2. The molecule has 0 saturated heterocycles. The number of aliphatic hydroxyl groups excluding tert-OH is 1. The molecule has 2 aliphatic carbocycles. The molecule has 60 valence electrons. The average molecular weight is 150 g/mol. The maximum atomic E-state index is 9.60. The second kappa shape index (κ2) is 2.82. The van der Waals surface area contributed by atoms with Gasteiger partial charge in [-0.3, -0.25) is 0 Å². The first-order valence-corrected chi connectivity index (χ1v) is 4.44. The van der Waals surface area contributed by atoms with Gasteiger partial charge >= 0.3 is 0 Å². The highest BCUT2D eigenvalue weighted by atomic mass is 16.3. The van der Waals surface area contributed by atoms with Gasteiger partial charge in [0.2, 0.25) is 0 Å². The fraction of sp³-hybridized carbons (Fsp3) is 0.600. The summed E-state index contributed by atoms with van der Waals surface area (Å²) in [4.78, 5) is 0. The molecule has 1 N–H and O–H groups in total. The van der Waals surface area contributed by atoms with E-state index < -0.39 is 0 Å². The van der Waals surface area contributed by atoms with Crippen LogP contribution in [0, 0.1) is 0 Å². The molecular formula is C10H14O. The topological polar surface area (TPSA) is 20.2 Å². The molecule has 0 aliphatic heterocycles. The second-order valence-corrected chi connectivity index (χ2v) is 3.41. The van der Waals surface area contributed by atoms with E-state index >= 15 is 0 Å². The molecule has 1 nitrogen and oxygen atoms in total. The third-order valence-corrected chi connectivity index (χ3v) is 2.64. The lowest BCUT2D eigenvalue weighted by atomic mass is 9.84. The number of aliphatic hydroxyl groups is 1. The summed E-state index contributed by atoms with van der Waals surface area (Å²) in [5, 5.41) is 9.60. The van der Waals surface area contributed by atoms with Crippen LogP contribution in [-0.4, -0.2) is 11.2 Å². The lowest BCUT2D eigenvalue weighted by Crippen LogP contribution is -2.16. The number of hydrogen-bond donors (Lipinski definition) is 1. The van der Waals surface area contributed by atoms with Crippen LogP contribution in [0.1, 0.15) is 32.1 Å². The van der Waals surface area contributed by atoms with Gasteiger partial charge < -0.3 is 5.11 Å². The van der Waals surface area contributed by atoms with Gasteiger partial charge in [0.05, 0.1) is 6.10 Å². The van der Waals surface area contributed by atoms with Gasteiger partial charge in [-0.15, -0.1) is 0 Å². The number of allylic oxidation sites excluding steroid dienone is 2. The molecule has 1 unspecified atom stereocenters. The fourth-order valence-electron chi connectivity index (χ4n) is 2.00. The van der Waals surface area contributed by atoms with E-state index in [1.54, 1.807) is 0 Å². The molecular weight excluding hydrogens is 136 g/mol. The van der Waals surface area contributed by atoms with Gasteiger partial charge in [-0.25, -0.2) is 0 Å². The molecule has 2 aliphatic rings. The van der Waals surface area contributed by atoms with Crippen molar-refractivity contribution in [1.29, 1.82) is 0 Å². The summed E-state index contributed by atoms with van der Waals surface area (Å²) in [6.45, 7) is 0. The van der Waals surface area contributed by atoms with E-state index in [1.165, 1.54) is 30.4 Å². The first-order valence-electron chi connectivity index (χ1n) is 4.44. The van der Waals surface area contributed by atoms with Crippen molar-refractivity contribution in [3.05, 3.63) is 23.3 Å². The van der Waals surface area contributed by atoms with Gasteiger partial charge in [0.15, 0.2) is 0 Å². The molecule has 2 rings (SSSR count). The Balaban J connectivity index is 2.27. The quantitative estimate of drug-likeness (QED) is 0.561. The zero-order valence-corrected chi connectivity index (χ0v) is 6.71. The lowest BCUT2D eigenvalue weighted by Gasteiger charge is -2.25. The van der Waals surface area contributed by atoms with Crippen LogP contribution in [0.4, 0.5) is 0 Å². The van der Waals surface area contributed by atoms with E-state index in [0.717, 1.165) is 12.8 Å². The summed E-state index contributed by atoms with van der Waals surface area (Å²) in [7, 11) is 0. The molecule has 0 aromatic heterocycles. The van der Waals surface area contributed by atoms with Crippen LogP contribution in [0.3, 0.4) is 0 Å². The standard InChI is InChI=1S/C10H14O/c11-10-7-3-5-8-4-1-2-6-9(8)10/h3,5,10-11H,1-2,4,6-7H2. The van der Waals surface area contributed by atoms with Gasteiger partial charge in [-0.2, -0.15) is 0 Å². The summed E-state index contributed by atoms with van der Waals surface area (Å²) in [5.74, 6) is 0. The molecule has 0 saturated carbocycles. The van der Waals surface area contributed by atoms with E-state index in [9.17, 15) is 5.11 Å². The first-order chi connectivity index (χ1) is 5.38. The third kappa shape index (κ3) is 1.25. The molecule has 0 radical (unpaired) electrons. The Hall–Kier alpha value is -0.560. The Morgan fingerprint density at radius 2 is 2.09 bits per heavy atom. The third-order valence-electron chi connectivity index (χ3n) is 2.64.